The fourth-order valence-electron chi connectivity index (χ4n) is 2.62. The lowest BCUT2D eigenvalue weighted by Gasteiger charge is -2.10. The molecular weight excluding hydrogens is 430 g/mol. The van der Waals surface area contributed by atoms with Crippen LogP contribution in [0.25, 0.3) is 0 Å². The number of carbonyl (C=O) groups is 1. The summed E-state index contributed by atoms with van der Waals surface area (Å²) in [5.41, 5.74) is 5.69. The molecule has 29 heavy (non-hydrogen) atoms. The van der Waals surface area contributed by atoms with Crippen molar-refractivity contribution in [1.82, 2.24) is 5.43 Å². The molecule has 5 nitrogen and oxygen atoms in total. The van der Waals surface area contributed by atoms with Crippen LogP contribution in [0.2, 0.25) is 0 Å². The second-order valence-electron chi connectivity index (χ2n) is 6.20. The van der Waals surface area contributed by atoms with Gasteiger partial charge in [-0.1, -0.05) is 48.5 Å². The number of hydrazone groups is 1. The first kappa shape index (κ1) is 20.3. The van der Waals surface area contributed by atoms with Gasteiger partial charge in [0.05, 0.1) is 28.7 Å². The number of nitrogens with zero attached hydrogens (tertiary/aromatic N) is 2. The van der Waals surface area contributed by atoms with Crippen LogP contribution >= 0.6 is 15.9 Å². The molecule has 0 saturated carbocycles. The van der Waals surface area contributed by atoms with Crippen LogP contribution in [-0.4, -0.2) is 12.1 Å². The van der Waals surface area contributed by atoms with Crippen LogP contribution in [-0.2, 0) is 17.8 Å². The highest BCUT2D eigenvalue weighted by Crippen LogP contribution is 2.26. The highest BCUT2D eigenvalue weighted by molar-refractivity contribution is 9.10. The van der Waals surface area contributed by atoms with Crippen LogP contribution in [0.5, 0.6) is 5.75 Å². The largest absolute Gasteiger partial charge is 0.488 e. The Morgan fingerprint density at radius 1 is 1.10 bits per heavy atom. The van der Waals surface area contributed by atoms with Gasteiger partial charge >= 0.3 is 0 Å². The highest BCUT2D eigenvalue weighted by atomic mass is 79.9. The summed E-state index contributed by atoms with van der Waals surface area (Å²) in [7, 11) is 0. The lowest BCUT2D eigenvalue weighted by Crippen LogP contribution is -2.19. The Labute approximate surface area is 177 Å². The van der Waals surface area contributed by atoms with Crippen molar-refractivity contribution in [2.24, 2.45) is 5.10 Å². The van der Waals surface area contributed by atoms with Gasteiger partial charge in [0.25, 0.3) is 0 Å². The van der Waals surface area contributed by atoms with Gasteiger partial charge in [-0.2, -0.15) is 10.4 Å². The molecule has 1 N–H and O–H groups in total. The number of halogens is 1. The van der Waals surface area contributed by atoms with Crippen molar-refractivity contribution >= 4 is 28.1 Å². The van der Waals surface area contributed by atoms with E-state index >= 15 is 0 Å². The minimum absolute atomic E-state index is 0.178. The highest BCUT2D eigenvalue weighted by Gasteiger charge is 2.06. The van der Waals surface area contributed by atoms with Crippen molar-refractivity contribution in [2.45, 2.75) is 13.0 Å². The maximum absolute atomic E-state index is 11.9. The molecule has 0 aliphatic carbocycles. The topological polar surface area (TPSA) is 74.5 Å². The monoisotopic (exact) mass is 447 g/mol. The molecule has 0 aliphatic heterocycles. The molecule has 3 rings (SSSR count). The van der Waals surface area contributed by atoms with Gasteiger partial charge in [-0.05, 0) is 51.3 Å². The normalized spacial score (nSPS) is 10.5. The molecule has 6 heteroatoms. The van der Waals surface area contributed by atoms with E-state index in [1.807, 2.05) is 66.7 Å². The number of benzene rings is 3. The Kier molecular flexibility index (Phi) is 7.15. The van der Waals surface area contributed by atoms with E-state index in [4.69, 9.17) is 10.00 Å². The quantitative estimate of drug-likeness (QED) is 0.424. The first-order chi connectivity index (χ1) is 14.2. The third-order valence-electron chi connectivity index (χ3n) is 4.09. The van der Waals surface area contributed by atoms with Crippen LogP contribution in [0.15, 0.2) is 82.4 Å². The summed E-state index contributed by atoms with van der Waals surface area (Å²) < 4.78 is 6.57. The molecule has 0 unspecified atom stereocenters. The van der Waals surface area contributed by atoms with E-state index in [0.29, 0.717) is 17.9 Å². The molecule has 3 aromatic carbocycles. The molecule has 0 saturated heterocycles. The lowest BCUT2D eigenvalue weighted by molar-refractivity contribution is -0.120. The van der Waals surface area contributed by atoms with E-state index in [0.717, 1.165) is 21.2 Å². The van der Waals surface area contributed by atoms with Crippen LogP contribution < -0.4 is 10.2 Å². The molecule has 1 amide bonds. The van der Waals surface area contributed by atoms with Crippen molar-refractivity contribution in [3.8, 4) is 11.8 Å². The Morgan fingerprint density at radius 2 is 1.86 bits per heavy atom. The smallest absolute Gasteiger partial charge is 0.244 e. The Morgan fingerprint density at radius 3 is 2.62 bits per heavy atom. The third-order valence-corrected chi connectivity index (χ3v) is 4.71. The molecule has 0 heterocycles. The minimum atomic E-state index is -0.178. The van der Waals surface area contributed by atoms with Gasteiger partial charge in [0.15, 0.2) is 0 Å². The standard InChI is InChI=1S/C23H18BrN3O2/c24-21-12-18(15-26-27-23(28)13-17-6-2-1-3-7-17)10-11-22(21)29-16-20-9-5-4-8-19(20)14-25/h1-12,15H,13,16H2,(H,27,28)/b26-15+. The maximum Gasteiger partial charge on any atom is 0.244 e. The molecule has 3 aromatic rings. The van der Waals surface area contributed by atoms with Gasteiger partial charge < -0.3 is 4.74 Å². The number of rotatable bonds is 7. The molecule has 0 radical (unpaired) electrons. The van der Waals surface area contributed by atoms with Crippen molar-refractivity contribution in [3.05, 3.63) is 99.5 Å². The van der Waals surface area contributed by atoms with Gasteiger partial charge in [0.1, 0.15) is 12.4 Å². The van der Waals surface area contributed by atoms with Crippen LogP contribution in [0.1, 0.15) is 22.3 Å². The fraction of sp³-hybridized carbons (Fsp3) is 0.0870. The summed E-state index contributed by atoms with van der Waals surface area (Å²) in [6.07, 6.45) is 1.85. The zero-order chi connectivity index (χ0) is 20.5. The second-order valence-corrected chi connectivity index (χ2v) is 7.06. The average Bonchev–Trinajstić information content (AvgIpc) is 2.74. The number of hydrogen-bond acceptors (Lipinski definition) is 4. The van der Waals surface area contributed by atoms with E-state index < -0.39 is 0 Å². The predicted octanol–water partition coefficient (Wildman–Crippen LogP) is 4.59. The first-order valence-corrected chi connectivity index (χ1v) is 9.71. The number of hydrogen-bond donors (Lipinski definition) is 1. The van der Waals surface area contributed by atoms with Crippen molar-refractivity contribution in [3.63, 3.8) is 0 Å². The van der Waals surface area contributed by atoms with Gasteiger partial charge in [-0.15, -0.1) is 0 Å². The molecule has 0 fully saturated rings. The third kappa shape index (κ3) is 6.03. The molecule has 0 bridgehead atoms. The summed E-state index contributed by atoms with van der Waals surface area (Å²) in [6, 6.07) is 24.5. The molecule has 0 spiro atoms. The average molecular weight is 448 g/mol. The minimum Gasteiger partial charge on any atom is -0.488 e. The van der Waals surface area contributed by atoms with Crippen molar-refractivity contribution < 1.29 is 9.53 Å². The zero-order valence-electron chi connectivity index (χ0n) is 15.5. The number of nitriles is 1. The number of carbonyl (C=O) groups excluding carboxylic acids is 1. The fourth-order valence-corrected chi connectivity index (χ4v) is 3.14. The van der Waals surface area contributed by atoms with Gasteiger partial charge in [-0.3, -0.25) is 4.79 Å². The van der Waals surface area contributed by atoms with Crippen molar-refractivity contribution in [1.29, 1.82) is 5.26 Å². The summed E-state index contributed by atoms with van der Waals surface area (Å²) in [6.45, 7) is 0.297. The predicted molar refractivity (Wildman–Crippen MR) is 116 cm³/mol. The summed E-state index contributed by atoms with van der Waals surface area (Å²) in [5, 5.41) is 13.2. The first-order valence-electron chi connectivity index (χ1n) is 8.92. The van der Waals surface area contributed by atoms with Crippen molar-refractivity contribution in [2.75, 3.05) is 0 Å². The van der Waals surface area contributed by atoms with E-state index in [2.05, 4.69) is 32.5 Å². The van der Waals surface area contributed by atoms with Gasteiger partial charge in [0, 0.05) is 5.56 Å². The van der Waals surface area contributed by atoms with Gasteiger partial charge in [-0.25, -0.2) is 5.43 Å². The molecular formula is C23H18BrN3O2. The SMILES string of the molecule is N#Cc1ccccc1COc1ccc(/C=N/NC(=O)Cc2ccccc2)cc1Br. The van der Waals surface area contributed by atoms with Crippen LogP contribution in [0, 0.1) is 11.3 Å². The number of nitrogens with one attached hydrogen (secondary N) is 1. The summed E-state index contributed by atoms with van der Waals surface area (Å²) in [4.78, 5) is 11.9. The van der Waals surface area contributed by atoms with Crippen LogP contribution in [0.4, 0.5) is 0 Å². The summed E-state index contributed by atoms with van der Waals surface area (Å²) in [5.74, 6) is 0.477. The molecule has 0 atom stereocenters. The Balaban J connectivity index is 1.55. The molecule has 144 valence electrons. The Hall–Kier alpha value is -3.43. The summed E-state index contributed by atoms with van der Waals surface area (Å²) >= 11 is 3.48. The van der Waals surface area contributed by atoms with Crippen LogP contribution in [0.3, 0.4) is 0 Å². The molecule has 0 aliphatic rings. The lowest BCUT2D eigenvalue weighted by atomic mass is 10.1. The maximum atomic E-state index is 11.9. The Bertz CT molecular complexity index is 1060. The van der Waals surface area contributed by atoms with Gasteiger partial charge in [0.2, 0.25) is 5.91 Å². The van der Waals surface area contributed by atoms with E-state index in [1.165, 1.54) is 0 Å². The number of ether oxygens (including phenoxy) is 1. The molecule has 0 aromatic heterocycles. The zero-order valence-corrected chi connectivity index (χ0v) is 17.1. The van der Waals surface area contributed by atoms with E-state index in [-0.39, 0.29) is 12.3 Å². The van der Waals surface area contributed by atoms with E-state index in [9.17, 15) is 4.79 Å². The number of amides is 1. The second kappa shape index (κ2) is 10.2. The van der Waals surface area contributed by atoms with E-state index in [1.54, 1.807) is 12.3 Å².